The van der Waals surface area contributed by atoms with Gasteiger partial charge in [0, 0.05) is 18.0 Å². The molecule has 0 bridgehead atoms. The van der Waals surface area contributed by atoms with Crippen molar-refractivity contribution in [1.82, 2.24) is 9.97 Å². The van der Waals surface area contributed by atoms with Crippen molar-refractivity contribution in [3.8, 4) is 0 Å². The number of rotatable bonds is 1. The van der Waals surface area contributed by atoms with E-state index in [0.717, 1.165) is 29.1 Å². The van der Waals surface area contributed by atoms with Gasteiger partial charge in [-0.1, -0.05) is 24.3 Å². The first-order valence-electron chi connectivity index (χ1n) is 6.46. The summed E-state index contributed by atoms with van der Waals surface area (Å²) in [6.45, 7) is 3.85. The van der Waals surface area contributed by atoms with Crippen LogP contribution in [0, 0.1) is 6.92 Å². The van der Waals surface area contributed by atoms with Crippen LogP contribution in [0.4, 0.5) is 5.82 Å². The number of fused-ring (bicyclic) bond motifs is 2. The van der Waals surface area contributed by atoms with Crippen molar-refractivity contribution in [3.63, 3.8) is 0 Å². The molecule has 3 nitrogen and oxygen atoms in total. The molecular formula is C15H12ClN3S. The number of anilines is 1. The molecule has 0 saturated heterocycles. The van der Waals surface area contributed by atoms with Gasteiger partial charge in [0.25, 0.3) is 0 Å². The quantitative estimate of drug-likeness (QED) is 0.632. The first kappa shape index (κ1) is 12.1. The van der Waals surface area contributed by atoms with Gasteiger partial charge in [-0.2, -0.15) is 4.98 Å². The molecule has 3 aromatic rings. The molecule has 0 N–H and O–H groups in total. The molecule has 0 saturated carbocycles. The molecule has 0 spiro atoms. The zero-order chi connectivity index (χ0) is 13.7. The van der Waals surface area contributed by atoms with Crippen LogP contribution in [0.3, 0.4) is 0 Å². The Kier molecular flexibility index (Phi) is 2.69. The molecular weight excluding hydrogens is 290 g/mol. The predicted molar refractivity (Wildman–Crippen MR) is 83.5 cm³/mol. The molecule has 20 heavy (non-hydrogen) atoms. The Balaban J connectivity index is 1.84. The summed E-state index contributed by atoms with van der Waals surface area (Å²) in [5.41, 5.74) is 2.73. The van der Waals surface area contributed by atoms with Gasteiger partial charge in [0.05, 0.1) is 5.39 Å². The van der Waals surface area contributed by atoms with E-state index in [4.69, 9.17) is 11.6 Å². The molecule has 0 aliphatic carbocycles. The lowest BCUT2D eigenvalue weighted by Crippen LogP contribution is -2.16. The van der Waals surface area contributed by atoms with Gasteiger partial charge in [-0.05, 0) is 35.7 Å². The second-order valence-electron chi connectivity index (χ2n) is 5.02. The lowest BCUT2D eigenvalue weighted by Gasteiger charge is -2.17. The summed E-state index contributed by atoms with van der Waals surface area (Å²) >= 11 is 7.74. The Morgan fingerprint density at radius 1 is 1.15 bits per heavy atom. The minimum absolute atomic E-state index is 0.324. The van der Waals surface area contributed by atoms with Gasteiger partial charge in [-0.15, -0.1) is 11.3 Å². The third-order valence-electron chi connectivity index (χ3n) is 3.61. The SMILES string of the molecule is Cc1cc2c(N3Cc4ccccc4C3)nc(Cl)nc2s1. The molecule has 4 rings (SSSR count). The molecule has 2 aromatic heterocycles. The highest BCUT2D eigenvalue weighted by molar-refractivity contribution is 7.18. The van der Waals surface area contributed by atoms with Gasteiger partial charge in [0.1, 0.15) is 10.6 Å². The monoisotopic (exact) mass is 301 g/mol. The van der Waals surface area contributed by atoms with Crippen LogP contribution in [0.1, 0.15) is 16.0 Å². The number of aryl methyl sites for hydroxylation is 1. The van der Waals surface area contributed by atoms with E-state index in [1.54, 1.807) is 11.3 Å². The number of hydrogen-bond donors (Lipinski definition) is 0. The number of thiophene rings is 1. The van der Waals surface area contributed by atoms with Gasteiger partial charge in [0.15, 0.2) is 0 Å². The molecule has 0 radical (unpaired) electrons. The average molecular weight is 302 g/mol. The molecule has 1 aliphatic heterocycles. The van der Waals surface area contributed by atoms with Crippen molar-refractivity contribution < 1.29 is 0 Å². The lowest BCUT2D eigenvalue weighted by atomic mass is 10.1. The normalized spacial score (nSPS) is 14.0. The molecule has 3 heterocycles. The first-order valence-corrected chi connectivity index (χ1v) is 7.65. The maximum absolute atomic E-state index is 6.08. The molecule has 5 heteroatoms. The second-order valence-corrected chi connectivity index (χ2v) is 6.59. The zero-order valence-corrected chi connectivity index (χ0v) is 12.5. The summed E-state index contributed by atoms with van der Waals surface area (Å²) in [7, 11) is 0. The number of aromatic nitrogens is 2. The minimum atomic E-state index is 0.324. The molecule has 0 amide bonds. The van der Waals surface area contributed by atoms with Gasteiger partial charge in [-0.3, -0.25) is 0 Å². The van der Waals surface area contributed by atoms with Crippen molar-refractivity contribution in [2.75, 3.05) is 4.90 Å². The number of benzene rings is 1. The highest BCUT2D eigenvalue weighted by Crippen LogP contribution is 2.35. The van der Waals surface area contributed by atoms with Crippen LogP contribution in [0.25, 0.3) is 10.2 Å². The van der Waals surface area contributed by atoms with Crippen LogP contribution in [-0.2, 0) is 13.1 Å². The van der Waals surface area contributed by atoms with E-state index in [-0.39, 0.29) is 0 Å². The molecule has 1 aromatic carbocycles. The van der Waals surface area contributed by atoms with Crippen LogP contribution in [0.5, 0.6) is 0 Å². The highest BCUT2D eigenvalue weighted by atomic mass is 35.5. The molecule has 0 unspecified atom stereocenters. The minimum Gasteiger partial charge on any atom is -0.347 e. The second kappa shape index (κ2) is 4.43. The Labute approximate surface area is 125 Å². The third-order valence-corrected chi connectivity index (χ3v) is 4.72. The van der Waals surface area contributed by atoms with E-state index < -0.39 is 0 Å². The van der Waals surface area contributed by atoms with Crippen molar-refractivity contribution in [2.24, 2.45) is 0 Å². The van der Waals surface area contributed by atoms with Gasteiger partial charge < -0.3 is 4.90 Å². The first-order chi connectivity index (χ1) is 9.70. The van der Waals surface area contributed by atoms with Crippen LogP contribution in [-0.4, -0.2) is 9.97 Å². The number of hydrogen-bond acceptors (Lipinski definition) is 4. The van der Waals surface area contributed by atoms with E-state index in [9.17, 15) is 0 Å². The van der Waals surface area contributed by atoms with E-state index in [1.807, 2.05) is 0 Å². The lowest BCUT2D eigenvalue weighted by molar-refractivity contribution is 0.860. The largest absolute Gasteiger partial charge is 0.347 e. The topological polar surface area (TPSA) is 29.0 Å². The molecule has 0 atom stereocenters. The Morgan fingerprint density at radius 3 is 2.55 bits per heavy atom. The standard InChI is InChI=1S/C15H12ClN3S/c1-9-6-12-13(17-15(16)18-14(12)20-9)19-7-10-4-2-3-5-11(10)8-19/h2-6H,7-8H2,1H3. The Bertz CT molecular complexity index is 787. The molecule has 100 valence electrons. The van der Waals surface area contributed by atoms with Crippen LogP contribution >= 0.6 is 22.9 Å². The fourth-order valence-electron chi connectivity index (χ4n) is 2.73. The fraction of sp³-hybridized carbons (Fsp3) is 0.200. The van der Waals surface area contributed by atoms with Gasteiger partial charge in [0.2, 0.25) is 5.28 Å². The molecule has 0 fully saturated rings. The van der Waals surface area contributed by atoms with Gasteiger partial charge in [-0.25, -0.2) is 4.98 Å². The van der Waals surface area contributed by atoms with Gasteiger partial charge >= 0.3 is 0 Å². The van der Waals surface area contributed by atoms with E-state index in [0.29, 0.717) is 5.28 Å². The summed E-state index contributed by atoms with van der Waals surface area (Å²) in [6.07, 6.45) is 0. The van der Waals surface area contributed by atoms with Crippen molar-refractivity contribution in [3.05, 3.63) is 51.6 Å². The summed E-state index contributed by atoms with van der Waals surface area (Å²) in [4.78, 5) is 13.3. The maximum atomic E-state index is 6.08. The van der Waals surface area contributed by atoms with Crippen LogP contribution in [0.15, 0.2) is 30.3 Å². The van der Waals surface area contributed by atoms with Crippen molar-refractivity contribution in [1.29, 1.82) is 0 Å². The Morgan fingerprint density at radius 2 is 1.85 bits per heavy atom. The summed E-state index contributed by atoms with van der Waals surface area (Å²) < 4.78 is 0. The smallest absolute Gasteiger partial charge is 0.225 e. The van der Waals surface area contributed by atoms with E-state index in [2.05, 4.69) is 52.1 Å². The van der Waals surface area contributed by atoms with Crippen LogP contribution in [0.2, 0.25) is 5.28 Å². The summed E-state index contributed by atoms with van der Waals surface area (Å²) in [5, 5.41) is 1.43. The van der Waals surface area contributed by atoms with Crippen LogP contribution < -0.4 is 4.90 Å². The number of nitrogens with zero attached hydrogens (tertiary/aromatic N) is 3. The van der Waals surface area contributed by atoms with E-state index in [1.165, 1.54) is 16.0 Å². The highest BCUT2D eigenvalue weighted by Gasteiger charge is 2.22. The average Bonchev–Trinajstić information content (AvgIpc) is 2.99. The van der Waals surface area contributed by atoms with Crippen molar-refractivity contribution in [2.45, 2.75) is 20.0 Å². The number of halogens is 1. The van der Waals surface area contributed by atoms with E-state index >= 15 is 0 Å². The Hall–Kier alpha value is -1.65. The predicted octanol–water partition coefficient (Wildman–Crippen LogP) is 4.17. The van der Waals surface area contributed by atoms with Crippen molar-refractivity contribution >= 4 is 39.0 Å². The summed E-state index contributed by atoms with van der Waals surface area (Å²) in [5.74, 6) is 0.945. The third kappa shape index (κ3) is 1.87. The maximum Gasteiger partial charge on any atom is 0.225 e. The summed E-state index contributed by atoms with van der Waals surface area (Å²) in [6, 6.07) is 10.7. The fourth-order valence-corrected chi connectivity index (χ4v) is 3.81. The molecule has 1 aliphatic rings. The zero-order valence-electron chi connectivity index (χ0n) is 10.9.